The Morgan fingerprint density at radius 3 is 1.48 bits per heavy atom. The molecule has 0 radical (unpaired) electrons. The van der Waals surface area contributed by atoms with Gasteiger partial charge in [0.05, 0.1) is 42.9 Å². The molecule has 13 nitrogen and oxygen atoms in total. The number of benzene rings is 6. The maximum Gasteiger partial charge on any atom is 0.270 e. The summed E-state index contributed by atoms with van der Waals surface area (Å²) in [7, 11) is 0. The highest BCUT2D eigenvalue weighted by Gasteiger charge is 2.27. The Morgan fingerprint density at radius 1 is 0.538 bits per heavy atom. The van der Waals surface area contributed by atoms with Gasteiger partial charge in [-0.1, -0.05) is 84.9 Å². The molecular formula is C52H50N4O9. The van der Waals surface area contributed by atoms with Crippen LogP contribution in [-0.4, -0.2) is 109 Å². The molecule has 10 rings (SSSR count). The van der Waals surface area contributed by atoms with Crippen molar-refractivity contribution in [3.05, 3.63) is 187 Å². The predicted octanol–water partition coefficient (Wildman–Crippen LogP) is 9.06. The molecule has 2 aliphatic heterocycles. The minimum atomic E-state index is -0.388. The van der Waals surface area contributed by atoms with Crippen LogP contribution in [0.1, 0.15) is 33.4 Å². The fraction of sp³-hybridized carbons (Fsp3) is 0.231. The molecule has 0 aromatic heterocycles. The van der Waals surface area contributed by atoms with Crippen molar-refractivity contribution in [1.29, 1.82) is 0 Å². The number of phenolic OH excluding ortho intramolecular Hbond substituents is 1. The van der Waals surface area contributed by atoms with Gasteiger partial charge in [0.25, 0.3) is 11.4 Å². The van der Waals surface area contributed by atoms with Gasteiger partial charge in [0.1, 0.15) is 18.1 Å². The quantitative estimate of drug-likeness (QED) is 0.0997. The zero-order chi connectivity index (χ0) is 45.1. The summed E-state index contributed by atoms with van der Waals surface area (Å²) >= 11 is 0. The van der Waals surface area contributed by atoms with E-state index in [9.17, 15) is 25.3 Å². The minimum Gasteiger partial charge on any atom is -0.507 e. The number of morpholine rings is 2. The molecule has 0 bridgehead atoms. The molecule has 0 saturated carbocycles. The monoisotopic (exact) mass is 874 g/mol. The lowest BCUT2D eigenvalue weighted by atomic mass is 10.0. The van der Waals surface area contributed by atoms with Crippen molar-refractivity contribution in [2.75, 3.05) is 78.9 Å². The van der Waals surface area contributed by atoms with Gasteiger partial charge in [0.15, 0.2) is 0 Å². The van der Waals surface area contributed by atoms with Gasteiger partial charge < -0.3 is 24.4 Å². The van der Waals surface area contributed by atoms with Crippen molar-refractivity contribution in [1.82, 2.24) is 9.80 Å². The molecule has 0 spiro atoms. The van der Waals surface area contributed by atoms with E-state index in [1.54, 1.807) is 36.4 Å². The molecule has 13 heteroatoms. The lowest BCUT2D eigenvalue weighted by molar-refractivity contribution is -0.385. The largest absolute Gasteiger partial charge is 0.507 e. The zero-order valence-corrected chi connectivity index (χ0v) is 35.9. The van der Waals surface area contributed by atoms with Crippen LogP contribution in [0.3, 0.4) is 0 Å². The fourth-order valence-corrected chi connectivity index (χ4v) is 8.44. The third-order valence-electron chi connectivity index (χ3n) is 11.8. The van der Waals surface area contributed by atoms with Crippen LogP contribution in [0, 0.1) is 20.2 Å². The highest BCUT2D eigenvalue weighted by Crippen LogP contribution is 2.48. The molecule has 332 valence electrons. The second-order valence-corrected chi connectivity index (χ2v) is 15.8. The third kappa shape index (κ3) is 10.5. The first-order valence-corrected chi connectivity index (χ1v) is 21.7. The molecule has 0 amide bonds. The number of para-hydroxylation sites is 2. The first-order chi connectivity index (χ1) is 31.8. The van der Waals surface area contributed by atoms with Crippen LogP contribution in [0.2, 0.25) is 0 Å². The van der Waals surface area contributed by atoms with Gasteiger partial charge in [-0.05, 0) is 92.1 Å². The average Bonchev–Trinajstić information content (AvgIpc) is 3.82. The standard InChI is InChI=1S/C26H24N2O4.C20H13NO3.C6H13NO2/c29-28(30)20-9-10-23-21-6-2-3-7-22(21)24(25(23)18-20)17-19-5-1-4-8-26(19)32-16-13-27-11-14-31-15-12-27;22-20-8-4-1-5-13(20)11-18-16-7-3-2-6-15(16)17-10-9-14(21(23)24)12-19(17)18;8-4-1-7-2-5-9-6-3-7/h1-10,17-18H,11-16H2;1-12,22H;8H,1-6H2. The average molecular weight is 875 g/mol. The first-order valence-electron chi connectivity index (χ1n) is 21.7. The number of aliphatic hydroxyl groups excluding tert-OH is 1. The van der Waals surface area contributed by atoms with E-state index < -0.39 is 0 Å². The van der Waals surface area contributed by atoms with Gasteiger partial charge >= 0.3 is 0 Å². The Morgan fingerprint density at radius 2 is 0.969 bits per heavy atom. The Balaban J connectivity index is 0.000000153. The van der Waals surface area contributed by atoms with Crippen LogP contribution < -0.4 is 4.74 Å². The lowest BCUT2D eigenvalue weighted by Gasteiger charge is -2.26. The van der Waals surface area contributed by atoms with E-state index in [4.69, 9.17) is 19.3 Å². The number of aromatic hydroxyl groups is 1. The summed E-state index contributed by atoms with van der Waals surface area (Å²) in [5, 5.41) is 41.1. The summed E-state index contributed by atoms with van der Waals surface area (Å²) in [6.45, 7) is 9.50. The number of phenols is 1. The van der Waals surface area contributed by atoms with Crippen LogP contribution >= 0.6 is 0 Å². The topological polar surface area (TPSA) is 161 Å². The normalized spacial score (nSPS) is 16.3. The van der Waals surface area contributed by atoms with Crippen molar-refractivity contribution in [2.24, 2.45) is 0 Å². The summed E-state index contributed by atoms with van der Waals surface area (Å²) in [6, 6.07) is 41.0. The second kappa shape index (κ2) is 21.1. The lowest BCUT2D eigenvalue weighted by Crippen LogP contribution is -2.38. The highest BCUT2D eigenvalue weighted by molar-refractivity contribution is 6.08. The predicted molar refractivity (Wildman–Crippen MR) is 253 cm³/mol. The maximum absolute atomic E-state index is 11.4. The van der Waals surface area contributed by atoms with Crippen LogP contribution in [0.15, 0.2) is 133 Å². The first kappa shape index (κ1) is 44.6. The molecule has 2 aliphatic carbocycles. The number of ether oxygens (including phenoxy) is 3. The SMILES string of the molecule is O=[N+]([O-])c1ccc2c(c1)C(=Cc1ccccc1O)c1ccccc1-2.O=[N+]([O-])c1ccc2c(c1)C(=Cc1ccccc1OCCN1CCOCC1)c1ccccc1-2.OCCN1CCOCC1. The van der Waals surface area contributed by atoms with Crippen molar-refractivity contribution in [2.45, 2.75) is 0 Å². The Kier molecular flexibility index (Phi) is 14.5. The van der Waals surface area contributed by atoms with E-state index in [0.29, 0.717) is 12.2 Å². The second-order valence-electron chi connectivity index (χ2n) is 15.8. The van der Waals surface area contributed by atoms with Crippen LogP contribution in [0.25, 0.3) is 45.6 Å². The summed E-state index contributed by atoms with van der Waals surface area (Å²) in [6.07, 6.45) is 3.96. The summed E-state index contributed by atoms with van der Waals surface area (Å²) in [4.78, 5) is 26.3. The molecule has 6 aromatic carbocycles. The number of hydrogen-bond acceptors (Lipinski definition) is 11. The van der Waals surface area contributed by atoms with Crippen LogP contribution in [0.5, 0.6) is 11.5 Å². The van der Waals surface area contributed by atoms with Gasteiger partial charge in [0, 0.05) is 74.7 Å². The molecule has 0 atom stereocenters. The smallest absolute Gasteiger partial charge is 0.270 e. The molecular weight excluding hydrogens is 825 g/mol. The number of nitrogens with zero attached hydrogens (tertiary/aromatic N) is 4. The van der Waals surface area contributed by atoms with Gasteiger partial charge in [-0.3, -0.25) is 30.0 Å². The number of aliphatic hydroxyl groups is 1. The minimum absolute atomic E-state index is 0.0599. The molecule has 0 unspecified atom stereocenters. The van der Waals surface area contributed by atoms with Gasteiger partial charge in [-0.2, -0.15) is 0 Å². The van der Waals surface area contributed by atoms with Gasteiger partial charge in [0.2, 0.25) is 0 Å². The van der Waals surface area contributed by atoms with Crippen LogP contribution in [0.4, 0.5) is 11.4 Å². The number of non-ortho nitro benzene ring substituents is 2. The van der Waals surface area contributed by atoms with E-state index in [2.05, 4.69) is 28.0 Å². The molecule has 65 heavy (non-hydrogen) atoms. The number of nitro benzene ring substituents is 2. The molecule has 2 saturated heterocycles. The Labute approximate surface area is 377 Å². The fourth-order valence-electron chi connectivity index (χ4n) is 8.44. The number of nitro groups is 2. The van der Waals surface area contributed by atoms with Crippen molar-refractivity contribution < 1.29 is 34.3 Å². The van der Waals surface area contributed by atoms with E-state index in [1.165, 1.54) is 6.07 Å². The maximum atomic E-state index is 11.4. The van der Waals surface area contributed by atoms with Gasteiger partial charge in [-0.15, -0.1) is 0 Å². The van der Waals surface area contributed by atoms with Gasteiger partial charge in [-0.25, -0.2) is 0 Å². The summed E-state index contributed by atoms with van der Waals surface area (Å²) < 4.78 is 16.7. The van der Waals surface area contributed by atoms with E-state index in [-0.39, 0.29) is 33.6 Å². The Hall–Kier alpha value is -7.00. The molecule has 2 fully saturated rings. The summed E-state index contributed by atoms with van der Waals surface area (Å²) in [5.74, 6) is 0.992. The van der Waals surface area contributed by atoms with E-state index in [0.717, 1.165) is 133 Å². The van der Waals surface area contributed by atoms with Crippen LogP contribution in [-0.2, 0) is 9.47 Å². The number of fused-ring (bicyclic) bond motifs is 6. The van der Waals surface area contributed by atoms with E-state index >= 15 is 0 Å². The Bertz CT molecular complexity index is 2720. The highest BCUT2D eigenvalue weighted by atomic mass is 16.6. The third-order valence-corrected chi connectivity index (χ3v) is 11.8. The number of rotatable bonds is 10. The van der Waals surface area contributed by atoms with E-state index in [1.807, 2.05) is 84.9 Å². The zero-order valence-electron chi connectivity index (χ0n) is 35.9. The molecule has 2 N–H and O–H groups in total. The molecule has 6 aromatic rings. The molecule has 2 heterocycles. The van der Waals surface area contributed by atoms with Crippen molar-refractivity contribution >= 4 is 34.7 Å². The molecule has 4 aliphatic rings. The summed E-state index contributed by atoms with van der Waals surface area (Å²) in [5.41, 5.74) is 11.6. The number of β-amino-alcohol motifs (C(OH)–C–C–N with tert-alkyl or cyclic N) is 1. The number of hydrogen-bond donors (Lipinski definition) is 2. The van der Waals surface area contributed by atoms with Crippen molar-refractivity contribution in [3.8, 4) is 33.8 Å². The van der Waals surface area contributed by atoms with Crippen molar-refractivity contribution in [3.63, 3.8) is 0 Å².